The Morgan fingerprint density at radius 2 is 1.50 bits per heavy atom. The normalized spacial score (nSPS) is 11.9. The van der Waals surface area contributed by atoms with E-state index in [9.17, 15) is 0 Å². The van der Waals surface area contributed by atoms with Crippen molar-refractivity contribution in [3.05, 3.63) is 29.8 Å². The van der Waals surface area contributed by atoms with Gasteiger partial charge >= 0.3 is 0 Å². The second kappa shape index (κ2) is 4.89. The summed E-state index contributed by atoms with van der Waals surface area (Å²) in [5.41, 5.74) is 2.27. The molecule has 1 aromatic carbocycles. The molecule has 0 aliphatic heterocycles. The summed E-state index contributed by atoms with van der Waals surface area (Å²) in [6, 6.07) is 8.51. The van der Waals surface area contributed by atoms with Crippen LogP contribution in [0.25, 0.3) is 0 Å². The first-order chi connectivity index (χ1) is 6.59. The van der Waals surface area contributed by atoms with Gasteiger partial charge in [0, 0.05) is 0 Å². The smallest absolute Gasteiger partial charge is 0.0852 e. The molecule has 0 aliphatic rings. The Bertz CT molecular complexity index is 297. The summed E-state index contributed by atoms with van der Waals surface area (Å²) in [5, 5.41) is 8.23. The molecule has 0 saturated carbocycles. The fourth-order valence-electron chi connectivity index (χ4n) is 1.11. The van der Waals surface area contributed by atoms with Gasteiger partial charge in [0.15, 0.2) is 0 Å². The van der Waals surface area contributed by atoms with Crippen LogP contribution in [0.1, 0.15) is 39.2 Å². The van der Waals surface area contributed by atoms with Gasteiger partial charge in [-0.25, -0.2) is 0 Å². The fraction of sp³-hybridized carbons (Fsp3) is 0.500. The van der Waals surface area contributed by atoms with Crippen LogP contribution in [0.5, 0.6) is 0 Å². The monoisotopic (exact) mass is 190 g/mol. The van der Waals surface area contributed by atoms with E-state index in [1.54, 1.807) is 0 Å². The van der Waals surface area contributed by atoms with E-state index in [4.69, 9.17) is 0 Å². The molecule has 76 valence electrons. The third-order valence-corrected chi connectivity index (χ3v) is 1.96. The summed E-state index contributed by atoms with van der Waals surface area (Å²) >= 11 is 0. The lowest BCUT2D eigenvalue weighted by Crippen LogP contribution is -1.86. The lowest BCUT2D eigenvalue weighted by molar-refractivity contribution is 0.778. The van der Waals surface area contributed by atoms with E-state index in [1.165, 1.54) is 5.56 Å². The Labute approximate surface area is 86.1 Å². The summed E-state index contributed by atoms with van der Waals surface area (Å²) in [5.74, 6) is 0.575. The Balaban J connectivity index is 2.73. The maximum Gasteiger partial charge on any atom is 0.0852 e. The van der Waals surface area contributed by atoms with Crippen LogP contribution < -0.4 is 0 Å². The van der Waals surface area contributed by atoms with Crippen LogP contribution >= 0.6 is 0 Å². The Morgan fingerprint density at radius 1 is 0.929 bits per heavy atom. The van der Waals surface area contributed by atoms with Gasteiger partial charge in [0.1, 0.15) is 0 Å². The molecule has 1 rings (SSSR count). The zero-order valence-corrected chi connectivity index (χ0v) is 9.36. The van der Waals surface area contributed by atoms with Crippen molar-refractivity contribution in [3.8, 4) is 0 Å². The number of benzene rings is 1. The second-order valence-corrected chi connectivity index (χ2v) is 4.06. The molecule has 0 radical (unpaired) electrons. The van der Waals surface area contributed by atoms with E-state index in [0.29, 0.717) is 5.92 Å². The van der Waals surface area contributed by atoms with Gasteiger partial charge in [-0.05, 0) is 37.5 Å². The van der Waals surface area contributed by atoms with Crippen LogP contribution in [0, 0.1) is 0 Å². The Kier molecular flexibility index (Phi) is 3.81. The van der Waals surface area contributed by atoms with Crippen molar-refractivity contribution in [3.63, 3.8) is 0 Å². The maximum atomic E-state index is 4.13. The lowest BCUT2D eigenvalue weighted by atomic mass is 10.0. The molecule has 0 aliphatic carbocycles. The van der Waals surface area contributed by atoms with Crippen LogP contribution in [0.2, 0.25) is 0 Å². The number of hydrogen-bond acceptors (Lipinski definition) is 2. The van der Waals surface area contributed by atoms with Crippen LogP contribution in [0.15, 0.2) is 34.5 Å². The van der Waals surface area contributed by atoms with E-state index in [1.807, 2.05) is 26.0 Å². The summed E-state index contributed by atoms with van der Waals surface area (Å²) in [6.07, 6.45) is 0. The van der Waals surface area contributed by atoms with Gasteiger partial charge in [0.25, 0.3) is 0 Å². The lowest BCUT2D eigenvalue weighted by Gasteiger charge is -2.04. The molecule has 0 spiro atoms. The summed E-state index contributed by atoms with van der Waals surface area (Å²) in [4.78, 5) is 0. The molecule has 0 heterocycles. The number of azo groups is 1. The molecule has 1 aromatic rings. The largest absolute Gasteiger partial charge is 0.186 e. The van der Waals surface area contributed by atoms with E-state index < -0.39 is 0 Å². The van der Waals surface area contributed by atoms with Crippen molar-refractivity contribution in [2.24, 2.45) is 10.2 Å². The molecular weight excluding hydrogens is 172 g/mol. The van der Waals surface area contributed by atoms with Gasteiger partial charge in [-0.3, -0.25) is 0 Å². The van der Waals surface area contributed by atoms with Crippen molar-refractivity contribution < 1.29 is 0 Å². The minimum atomic E-state index is 0.264. The Morgan fingerprint density at radius 3 is 1.93 bits per heavy atom. The topological polar surface area (TPSA) is 24.7 Å². The first kappa shape index (κ1) is 10.9. The molecule has 0 amide bonds. The summed E-state index contributed by atoms with van der Waals surface area (Å²) < 4.78 is 0. The highest BCUT2D eigenvalue weighted by Gasteiger charge is 1.97. The SMILES string of the molecule is CC(C)/N=N/c1ccc(C(C)C)cc1. The van der Waals surface area contributed by atoms with Gasteiger partial charge in [-0.15, -0.1) is 0 Å². The fourth-order valence-corrected chi connectivity index (χ4v) is 1.11. The van der Waals surface area contributed by atoms with Crippen molar-refractivity contribution in [2.45, 2.75) is 39.7 Å². The predicted octanol–water partition coefficient (Wildman–Crippen LogP) is 4.30. The average molecular weight is 190 g/mol. The third kappa shape index (κ3) is 3.29. The first-order valence-corrected chi connectivity index (χ1v) is 5.10. The standard InChI is InChI=1S/C12H18N2/c1-9(2)11-5-7-12(8-6-11)14-13-10(3)4/h5-10H,1-4H3/b14-13+. The van der Waals surface area contributed by atoms with Gasteiger partial charge in [-0.2, -0.15) is 10.2 Å². The minimum absolute atomic E-state index is 0.264. The Hall–Kier alpha value is -1.18. The maximum absolute atomic E-state index is 4.13. The molecule has 0 atom stereocenters. The van der Waals surface area contributed by atoms with Gasteiger partial charge < -0.3 is 0 Å². The van der Waals surface area contributed by atoms with Crippen LogP contribution in [0.4, 0.5) is 5.69 Å². The van der Waals surface area contributed by atoms with E-state index in [0.717, 1.165) is 5.69 Å². The molecule has 2 nitrogen and oxygen atoms in total. The van der Waals surface area contributed by atoms with E-state index in [2.05, 4.69) is 36.2 Å². The highest BCUT2D eigenvalue weighted by Crippen LogP contribution is 2.19. The van der Waals surface area contributed by atoms with Crippen LogP contribution in [0.3, 0.4) is 0 Å². The van der Waals surface area contributed by atoms with Crippen LogP contribution in [-0.2, 0) is 0 Å². The molecule has 0 saturated heterocycles. The van der Waals surface area contributed by atoms with Crippen LogP contribution in [-0.4, -0.2) is 6.04 Å². The average Bonchev–Trinajstić information content (AvgIpc) is 2.15. The highest BCUT2D eigenvalue weighted by molar-refractivity contribution is 5.38. The zero-order chi connectivity index (χ0) is 10.6. The van der Waals surface area contributed by atoms with Crippen molar-refractivity contribution >= 4 is 5.69 Å². The van der Waals surface area contributed by atoms with Gasteiger partial charge in [0.05, 0.1) is 11.7 Å². The molecule has 0 fully saturated rings. The number of rotatable bonds is 3. The molecule has 14 heavy (non-hydrogen) atoms. The number of hydrogen-bond donors (Lipinski definition) is 0. The highest BCUT2D eigenvalue weighted by atomic mass is 15.1. The van der Waals surface area contributed by atoms with E-state index in [-0.39, 0.29) is 6.04 Å². The van der Waals surface area contributed by atoms with Gasteiger partial charge in [-0.1, -0.05) is 26.0 Å². The molecule has 0 bridgehead atoms. The molecule has 0 N–H and O–H groups in total. The first-order valence-electron chi connectivity index (χ1n) is 5.10. The summed E-state index contributed by atoms with van der Waals surface area (Å²) in [6.45, 7) is 8.41. The molecular formula is C12H18N2. The van der Waals surface area contributed by atoms with Crippen molar-refractivity contribution in [2.75, 3.05) is 0 Å². The molecule has 0 aromatic heterocycles. The minimum Gasteiger partial charge on any atom is -0.186 e. The predicted molar refractivity (Wildman–Crippen MR) is 60.2 cm³/mol. The van der Waals surface area contributed by atoms with Crippen molar-refractivity contribution in [1.29, 1.82) is 0 Å². The number of nitrogens with zero attached hydrogens (tertiary/aromatic N) is 2. The van der Waals surface area contributed by atoms with E-state index >= 15 is 0 Å². The molecule has 2 heteroatoms. The quantitative estimate of drug-likeness (QED) is 0.635. The molecule has 0 unspecified atom stereocenters. The van der Waals surface area contributed by atoms with Gasteiger partial charge in [0.2, 0.25) is 0 Å². The summed E-state index contributed by atoms with van der Waals surface area (Å²) in [7, 11) is 0. The second-order valence-electron chi connectivity index (χ2n) is 4.06. The zero-order valence-electron chi connectivity index (χ0n) is 9.36. The third-order valence-electron chi connectivity index (χ3n) is 1.96. The van der Waals surface area contributed by atoms with Crippen molar-refractivity contribution in [1.82, 2.24) is 0 Å².